The second-order valence-corrected chi connectivity index (χ2v) is 13.1. The minimum atomic E-state index is -1.45. The molecule has 0 radical (unpaired) electrons. The van der Waals surface area contributed by atoms with Gasteiger partial charge in [-0.25, -0.2) is 0 Å². The van der Waals surface area contributed by atoms with E-state index in [1.165, 1.54) is 27.2 Å². The zero-order chi connectivity index (χ0) is 18.5. The van der Waals surface area contributed by atoms with E-state index in [0.29, 0.717) is 0 Å². The highest BCUT2D eigenvalue weighted by molar-refractivity contribution is 6.89. The minimum absolute atomic E-state index is 0.963. The van der Waals surface area contributed by atoms with Gasteiger partial charge in [-0.2, -0.15) is 0 Å². The minimum Gasteiger partial charge on any atom is -0.454 e. The third kappa shape index (κ3) is 2.63. The molecule has 132 valence electrons. The van der Waals surface area contributed by atoms with E-state index in [0.717, 1.165) is 16.9 Å². The van der Waals surface area contributed by atoms with E-state index in [2.05, 4.69) is 99.2 Å². The molecule has 0 unspecified atom stereocenters. The zero-order valence-corrected chi connectivity index (χ0v) is 17.1. The molecular formula is C23H25NOSi. The molecule has 0 N–H and O–H groups in total. The van der Waals surface area contributed by atoms with Gasteiger partial charge in [0.25, 0.3) is 0 Å². The maximum atomic E-state index is 6.35. The number of rotatable bonds is 3. The predicted molar refractivity (Wildman–Crippen MR) is 116 cm³/mol. The molecule has 3 aromatic carbocycles. The van der Waals surface area contributed by atoms with Crippen LogP contribution < -0.4 is 10.1 Å². The maximum Gasteiger partial charge on any atom is 0.159 e. The van der Waals surface area contributed by atoms with Crippen molar-refractivity contribution in [2.24, 2.45) is 0 Å². The van der Waals surface area contributed by atoms with Gasteiger partial charge in [0.2, 0.25) is 0 Å². The van der Waals surface area contributed by atoms with Crippen molar-refractivity contribution in [1.82, 2.24) is 0 Å². The van der Waals surface area contributed by atoms with Crippen LogP contribution in [0.25, 0.3) is 21.9 Å². The van der Waals surface area contributed by atoms with Crippen LogP contribution in [0.1, 0.15) is 5.56 Å². The van der Waals surface area contributed by atoms with Gasteiger partial charge < -0.3 is 9.32 Å². The summed E-state index contributed by atoms with van der Waals surface area (Å²) in [6.45, 7) is 9.29. The monoisotopic (exact) mass is 359 g/mol. The molecule has 0 spiro atoms. The van der Waals surface area contributed by atoms with E-state index in [9.17, 15) is 0 Å². The van der Waals surface area contributed by atoms with Gasteiger partial charge in [0.1, 0.15) is 5.58 Å². The first-order valence-corrected chi connectivity index (χ1v) is 12.6. The second kappa shape index (κ2) is 6.03. The highest BCUT2D eigenvalue weighted by Crippen LogP contribution is 2.38. The summed E-state index contributed by atoms with van der Waals surface area (Å²) in [5.41, 5.74) is 5.52. The first-order valence-electron chi connectivity index (χ1n) is 9.12. The normalized spacial score (nSPS) is 12.0. The van der Waals surface area contributed by atoms with Gasteiger partial charge in [-0.05, 0) is 29.8 Å². The number of hydrogen-bond acceptors (Lipinski definition) is 2. The van der Waals surface area contributed by atoms with Crippen molar-refractivity contribution in [3.05, 3.63) is 66.2 Å². The Morgan fingerprint density at radius 3 is 2.08 bits per heavy atom. The standard InChI is InChI=1S/C23H25NOSi/c1-16-10-8-11-17-18-12-9-14-20(23(18)25-22(16)17)24(2)19-13-6-7-15-21(19)26(3,4)5/h6-15H,1-5H3. The van der Waals surface area contributed by atoms with Crippen LogP contribution in [-0.4, -0.2) is 15.1 Å². The topological polar surface area (TPSA) is 16.4 Å². The average Bonchev–Trinajstić information content (AvgIpc) is 3.01. The van der Waals surface area contributed by atoms with Crippen LogP contribution in [0.5, 0.6) is 0 Å². The van der Waals surface area contributed by atoms with Crippen LogP contribution in [-0.2, 0) is 0 Å². The third-order valence-corrected chi connectivity index (χ3v) is 7.17. The van der Waals surface area contributed by atoms with E-state index >= 15 is 0 Å². The van der Waals surface area contributed by atoms with E-state index in [4.69, 9.17) is 4.42 Å². The number of furan rings is 1. The van der Waals surface area contributed by atoms with Crippen LogP contribution in [0, 0.1) is 6.92 Å². The lowest BCUT2D eigenvalue weighted by atomic mass is 10.1. The molecule has 0 aliphatic heterocycles. The Morgan fingerprint density at radius 1 is 0.731 bits per heavy atom. The van der Waals surface area contributed by atoms with Crippen molar-refractivity contribution in [1.29, 1.82) is 0 Å². The summed E-state index contributed by atoms with van der Waals surface area (Å²) in [5, 5.41) is 3.83. The Hall–Kier alpha value is -2.52. The molecule has 0 aliphatic carbocycles. The summed E-state index contributed by atoms with van der Waals surface area (Å²) in [5.74, 6) is 0. The molecule has 4 aromatic rings. The van der Waals surface area contributed by atoms with Gasteiger partial charge in [0.15, 0.2) is 5.58 Å². The van der Waals surface area contributed by atoms with Crippen LogP contribution in [0.3, 0.4) is 0 Å². The van der Waals surface area contributed by atoms with Crippen LogP contribution in [0.4, 0.5) is 11.4 Å². The van der Waals surface area contributed by atoms with Crippen LogP contribution >= 0.6 is 0 Å². The van der Waals surface area contributed by atoms with Crippen molar-refractivity contribution in [2.45, 2.75) is 26.6 Å². The first kappa shape index (κ1) is 16.9. The molecule has 26 heavy (non-hydrogen) atoms. The second-order valence-electron chi connectivity index (χ2n) is 8.03. The molecule has 0 aliphatic rings. The van der Waals surface area contributed by atoms with Gasteiger partial charge in [-0.3, -0.25) is 0 Å². The fourth-order valence-electron chi connectivity index (χ4n) is 3.74. The van der Waals surface area contributed by atoms with Crippen molar-refractivity contribution < 1.29 is 4.42 Å². The summed E-state index contributed by atoms with van der Waals surface area (Å²) >= 11 is 0. The molecule has 0 atom stereocenters. The number of anilines is 2. The van der Waals surface area contributed by atoms with Gasteiger partial charge in [-0.1, -0.05) is 68.2 Å². The van der Waals surface area contributed by atoms with E-state index in [-0.39, 0.29) is 0 Å². The number of hydrogen-bond donors (Lipinski definition) is 0. The Balaban J connectivity index is 1.96. The predicted octanol–water partition coefficient (Wildman–Crippen LogP) is 6.21. The van der Waals surface area contributed by atoms with Crippen molar-refractivity contribution in [2.75, 3.05) is 11.9 Å². The first-order chi connectivity index (χ1) is 12.4. The van der Waals surface area contributed by atoms with Crippen molar-refractivity contribution in [3.8, 4) is 0 Å². The molecule has 4 rings (SSSR count). The summed E-state index contributed by atoms with van der Waals surface area (Å²) < 4.78 is 6.35. The van der Waals surface area contributed by atoms with E-state index in [1.807, 2.05) is 0 Å². The molecular weight excluding hydrogens is 334 g/mol. The lowest BCUT2D eigenvalue weighted by Crippen LogP contribution is -2.40. The van der Waals surface area contributed by atoms with E-state index in [1.54, 1.807) is 0 Å². The summed E-state index contributed by atoms with van der Waals surface area (Å²) in [4.78, 5) is 2.29. The van der Waals surface area contributed by atoms with Gasteiger partial charge in [-0.15, -0.1) is 0 Å². The van der Waals surface area contributed by atoms with Crippen molar-refractivity contribution >= 4 is 46.6 Å². The molecule has 1 aromatic heterocycles. The van der Waals surface area contributed by atoms with Crippen LogP contribution in [0.15, 0.2) is 65.1 Å². The Bertz CT molecular complexity index is 1100. The van der Waals surface area contributed by atoms with Gasteiger partial charge in [0.05, 0.1) is 13.8 Å². The maximum absolute atomic E-state index is 6.35. The number of aryl methyl sites for hydroxylation is 1. The molecule has 3 heteroatoms. The van der Waals surface area contributed by atoms with Gasteiger partial charge in [0, 0.05) is 23.5 Å². The molecule has 1 heterocycles. The third-order valence-electron chi connectivity index (χ3n) is 5.14. The number of para-hydroxylation sites is 3. The highest BCUT2D eigenvalue weighted by Gasteiger charge is 2.23. The summed E-state index contributed by atoms with van der Waals surface area (Å²) in [7, 11) is 0.693. The molecule has 0 saturated carbocycles. The lowest BCUT2D eigenvalue weighted by Gasteiger charge is -2.28. The number of benzene rings is 3. The number of fused-ring (bicyclic) bond motifs is 3. The summed E-state index contributed by atoms with van der Waals surface area (Å²) in [6, 6.07) is 21.6. The number of nitrogens with zero attached hydrogens (tertiary/aromatic N) is 1. The van der Waals surface area contributed by atoms with Crippen LogP contribution in [0.2, 0.25) is 19.6 Å². The fraction of sp³-hybridized carbons (Fsp3) is 0.217. The quantitative estimate of drug-likeness (QED) is 0.404. The lowest BCUT2D eigenvalue weighted by molar-refractivity contribution is 0.665. The molecule has 0 amide bonds. The van der Waals surface area contributed by atoms with Crippen molar-refractivity contribution in [3.63, 3.8) is 0 Å². The highest BCUT2D eigenvalue weighted by atomic mass is 28.3. The smallest absolute Gasteiger partial charge is 0.159 e. The average molecular weight is 360 g/mol. The molecule has 0 fully saturated rings. The molecule has 0 saturated heterocycles. The Kier molecular flexibility index (Phi) is 3.92. The Labute approximate surface area is 156 Å². The summed E-state index contributed by atoms with van der Waals surface area (Å²) in [6.07, 6.45) is 0. The Morgan fingerprint density at radius 2 is 1.35 bits per heavy atom. The van der Waals surface area contributed by atoms with E-state index < -0.39 is 8.07 Å². The van der Waals surface area contributed by atoms with Gasteiger partial charge >= 0.3 is 0 Å². The molecule has 0 bridgehead atoms. The SMILES string of the molecule is Cc1cccc2c1oc1c(N(C)c3ccccc3[Si](C)(C)C)cccc12. The fourth-order valence-corrected chi connectivity index (χ4v) is 5.36. The molecule has 2 nitrogen and oxygen atoms in total. The zero-order valence-electron chi connectivity index (χ0n) is 16.1. The largest absolute Gasteiger partial charge is 0.454 e.